The van der Waals surface area contributed by atoms with Crippen molar-refractivity contribution >= 4 is 27.3 Å². The largest absolute Gasteiger partial charge is 0.316 e. The fourth-order valence-electron chi connectivity index (χ4n) is 4.20. The van der Waals surface area contributed by atoms with Gasteiger partial charge in [-0.3, -0.25) is 9.54 Å². The van der Waals surface area contributed by atoms with Gasteiger partial charge in [-0.1, -0.05) is 47.5 Å². The topological polar surface area (TPSA) is 79.3 Å². The molecule has 7 heteroatoms. The van der Waals surface area contributed by atoms with Gasteiger partial charge in [-0.2, -0.15) is 8.42 Å². The number of hydrogen-bond donors (Lipinski definition) is 2. The highest BCUT2D eigenvalue weighted by Gasteiger charge is 2.23. The lowest BCUT2D eigenvalue weighted by molar-refractivity contribution is 0.483. The van der Waals surface area contributed by atoms with Gasteiger partial charge in [-0.25, -0.2) is 0 Å². The van der Waals surface area contributed by atoms with E-state index in [2.05, 4.69) is 23.5 Å². The molecule has 0 bridgehead atoms. The fourth-order valence-corrected chi connectivity index (χ4v) is 4.90. The molecular formula is C25H25ClN2O3S. The van der Waals surface area contributed by atoms with E-state index in [4.69, 9.17) is 21.1 Å². The molecule has 1 saturated heterocycles. The molecule has 1 aliphatic carbocycles. The number of piperidine rings is 1. The van der Waals surface area contributed by atoms with Crippen LogP contribution in [-0.4, -0.2) is 31.0 Å². The molecule has 0 amide bonds. The second-order valence-electron chi connectivity index (χ2n) is 7.83. The molecule has 3 aromatic rings. The first kappa shape index (κ1) is 22.7. The molecule has 1 aromatic heterocycles. The van der Waals surface area contributed by atoms with Crippen molar-refractivity contribution in [3.63, 3.8) is 0 Å². The summed E-state index contributed by atoms with van der Waals surface area (Å²) in [6.45, 7) is 2.12. The summed E-state index contributed by atoms with van der Waals surface area (Å²) in [6, 6.07) is 18.0. The average molecular weight is 469 g/mol. The number of pyridine rings is 1. The molecule has 0 atom stereocenters. The minimum Gasteiger partial charge on any atom is -0.316 e. The standard InChI is InChI=1S/C19H19ClN2.C6H6O3S/c20-16-5-6-17-15(12-16)4-3-14-2-1-9-22-19(14)18(17)13-7-10-21-11-8-13;7-10(8,9)6-4-2-1-3-5-6/h1-2,5-6,9,12,21H,3-4,7-8,10-11H2;1-5H,(H,7,8,9). The van der Waals surface area contributed by atoms with Crippen LogP contribution in [0.1, 0.15) is 35.2 Å². The maximum Gasteiger partial charge on any atom is 0.294 e. The molecule has 166 valence electrons. The third kappa shape index (κ3) is 5.27. The fraction of sp³-hybridized carbons (Fsp3) is 0.240. The van der Waals surface area contributed by atoms with Crippen LogP contribution in [0.25, 0.3) is 5.57 Å². The second kappa shape index (κ2) is 9.96. The monoisotopic (exact) mass is 468 g/mol. The molecule has 2 N–H and O–H groups in total. The number of fused-ring (bicyclic) bond motifs is 2. The van der Waals surface area contributed by atoms with Gasteiger partial charge in [0, 0.05) is 16.8 Å². The van der Waals surface area contributed by atoms with Gasteiger partial charge < -0.3 is 5.32 Å². The first-order valence-corrected chi connectivity index (χ1v) is 12.4. The van der Waals surface area contributed by atoms with Crippen LogP contribution in [0.15, 0.2) is 77.3 Å². The number of benzene rings is 2. The molecule has 5 rings (SSSR count). The Morgan fingerprint density at radius 3 is 2.28 bits per heavy atom. The van der Waals surface area contributed by atoms with Crippen molar-refractivity contribution in [2.24, 2.45) is 0 Å². The number of halogens is 1. The predicted octanol–water partition coefficient (Wildman–Crippen LogP) is 4.95. The maximum absolute atomic E-state index is 10.4. The predicted molar refractivity (Wildman–Crippen MR) is 127 cm³/mol. The summed E-state index contributed by atoms with van der Waals surface area (Å²) in [6.07, 6.45) is 6.19. The van der Waals surface area contributed by atoms with Crippen molar-refractivity contribution in [3.05, 3.63) is 99.8 Å². The van der Waals surface area contributed by atoms with E-state index in [0.29, 0.717) is 0 Å². The normalized spacial score (nSPS) is 15.7. The smallest absolute Gasteiger partial charge is 0.294 e. The molecule has 1 aliphatic heterocycles. The van der Waals surface area contributed by atoms with Crippen LogP contribution in [0.4, 0.5) is 0 Å². The van der Waals surface area contributed by atoms with Crippen molar-refractivity contribution in [2.45, 2.75) is 30.6 Å². The molecular weight excluding hydrogens is 444 g/mol. The summed E-state index contributed by atoms with van der Waals surface area (Å²) >= 11 is 6.23. The first-order chi connectivity index (χ1) is 15.4. The molecule has 0 saturated carbocycles. The van der Waals surface area contributed by atoms with Gasteiger partial charge in [0.25, 0.3) is 10.1 Å². The molecule has 32 heavy (non-hydrogen) atoms. The van der Waals surface area contributed by atoms with E-state index >= 15 is 0 Å². The Morgan fingerprint density at radius 1 is 0.875 bits per heavy atom. The van der Waals surface area contributed by atoms with Crippen LogP contribution in [0.5, 0.6) is 0 Å². The lowest BCUT2D eigenvalue weighted by Crippen LogP contribution is -2.24. The lowest BCUT2D eigenvalue weighted by Gasteiger charge is -2.21. The number of hydrogen-bond acceptors (Lipinski definition) is 4. The van der Waals surface area contributed by atoms with E-state index in [1.165, 1.54) is 45.7 Å². The number of rotatable bonds is 1. The Bertz CT molecular complexity index is 1230. The molecule has 2 aliphatic rings. The molecule has 0 unspecified atom stereocenters. The number of nitrogens with zero attached hydrogens (tertiary/aromatic N) is 1. The summed E-state index contributed by atoms with van der Waals surface area (Å²) in [5.74, 6) is 0. The molecule has 0 spiro atoms. The molecule has 5 nitrogen and oxygen atoms in total. The zero-order valence-corrected chi connectivity index (χ0v) is 19.2. The van der Waals surface area contributed by atoms with Gasteiger partial charge >= 0.3 is 0 Å². The quantitative estimate of drug-likeness (QED) is 0.494. The van der Waals surface area contributed by atoms with Gasteiger partial charge in [0.1, 0.15) is 0 Å². The maximum atomic E-state index is 10.4. The van der Waals surface area contributed by atoms with Gasteiger partial charge in [-0.05, 0) is 85.8 Å². The number of nitrogens with one attached hydrogen (secondary N) is 1. The molecule has 0 radical (unpaired) electrons. The van der Waals surface area contributed by atoms with Crippen LogP contribution in [-0.2, 0) is 23.0 Å². The summed E-state index contributed by atoms with van der Waals surface area (Å²) < 4.78 is 29.2. The number of aryl methyl sites for hydroxylation is 2. The van der Waals surface area contributed by atoms with Crippen molar-refractivity contribution in [2.75, 3.05) is 13.1 Å². The van der Waals surface area contributed by atoms with Crippen molar-refractivity contribution in [1.82, 2.24) is 10.3 Å². The minimum atomic E-state index is -4.00. The Labute approximate surface area is 193 Å². The zero-order valence-electron chi connectivity index (χ0n) is 17.6. The van der Waals surface area contributed by atoms with Crippen LogP contribution in [0, 0.1) is 0 Å². The molecule has 1 fully saturated rings. The van der Waals surface area contributed by atoms with Crippen LogP contribution in [0.3, 0.4) is 0 Å². The van der Waals surface area contributed by atoms with Gasteiger partial charge in [-0.15, -0.1) is 0 Å². The zero-order chi connectivity index (χ0) is 22.6. The third-order valence-electron chi connectivity index (χ3n) is 5.73. The van der Waals surface area contributed by atoms with E-state index in [0.717, 1.165) is 43.8 Å². The SMILES string of the molecule is Clc1ccc2c(c1)CCc1cccnc1C2=C1CCNCC1.O=S(=O)(O)c1ccccc1. The van der Waals surface area contributed by atoms with Crippen LogP contribution >= 0.6 is 11.6 Å². The Hall–Kier alpha value is -2.51. The summed E-state index contributed by atoms with van der Waals surface area (Å²) in [7, 11) is -4.00. The van der Waals surface area contributed by atoms with E-state index in [-0.39, 0.29) is 4.90 Å². The summed E-state index contributed by atoms with van der Waals surface area (Å²) in [5, 5.41) is 4.28. The highest BCUT2D eigenvalue weighted by atomic mass is 35.5. The van der Waals surface area contributed by atoms with Crippen LogP contribution in [0.2, 0.25) is 5.02 Å². The highest BCUT2D eigenvalue weighted by molar-refractivity contribution is 7.85. The van der Waals surface area contributed by atoms with Crippen molar-refractivity contribution in [1.29, 1.82) is 0 Å². The van der Waals surface area contributed by atoms with Crippen LogP contribution < -0.4 is 5.32 Å². The van der Waals surface area contributed by atoms with E-state index < -0.39 is 10.1 Å². The molecule has 2 heterocycles. The Kier molecular flexibility index (Phi) is 7.06. The lowest BCUT2D eigenvalue weighted by atomic mass is 9.89. The highest BCUT2D eigenvalue weighted by Crippen LogP contribution is 2.37. The number of aromatic nitrogens is 1. The van der Waals surface area contributed by atoms with Gasteiger partial charge in [0.2, 0.25) is 0 Å². The second-order valence-corrected chi connectivity index (χ2v) is 9.69. The average Bonchev–Trinajstić information content (AvgIpc) is 2.97. The molecule has 2 aromatic carbocycles. The summed E-state index contributed by atoms with van der Waals surface area (Å²) in [4.78, 5) is 4.67. The van der Waals surface area contributed by atoms with Crippen molar-refractivity contribution in [3.8, 4) is 0 Å². The summed E-state index contributed by atoms with van der Waals surface area (Å²) in [5.41, 5.74) is 8.12. The van der Waals surface area contributed by atoms with Gasteiger partial charge in [0.15, 0.2) is 0 Å². The van der Waals surface area contributed by atoms with E-state index in [1.54, 1.807) is 18.2 Å². The van der Waals surface area contributed by atoms with Gasteiger partial charge in [0.05, 0.1) is 10.6 Å². The third-order valence-corrected chi connectivity index (χ3v) is 6.83. The Balaban J connectivity index is 0.000000207. The first-order valence-electron chi connectivity index (χ1n) is 10.6. The van der Waals surface area contributed by atoms with Crippen molar-refractivity contribution < 1.29 is 13.0 Å². The van der Waals surface area contributed by atoms with E-state index in [9.17, 15) is 8.42 Å². The van der Waals surface area contributed by atoms with E-state index in [1.807, 2.05) is 18.3 Å². The minimum absolute atomic E-state index is 0.0741. The Morgan fingerprint density at radius 2 is 1.59 bits per heavy atom.